The van der Waals surface area contributed by atoms with Crippen LogP contribution in [-0.2, 0) is 15.3 Å². The van der Waals surface area contributed by atoms with Crippen molar-refractivity contribution < 1.29 is 24.2 Å². The van der Waals surface area contributed by atoms with Gasteiger partial charge in [-0.25, -0.2) is 0 Å². The molecule has 0 radical (unpaired) electrons. The molecule has 1 unspecified atom stereocenters. The Morgan fingerprint density at radius 1 is 1.00 bits per heavy atom. The fourth-order valence-corrected chi connectivity index (χ4v) is 6.34. The monoisotopic (exact) mass is 613 g/mol. The van der Waals surface area contributed by atoms with Crippen molar-refractivity contribution in [1.29, 1.82) is 0 Å². The van der Waals surface area contributed by atoms with Crippen molar-refractivity contribution in [2.45, 2.75) is 36.4 Å². The third-order valence-corrected chi connectivity index (χ3v) is 8.82. The molecule has 1 saturated heterocycles. The number of ether oxygens (including phenoxy) is 2. The lowest BCUT2D eigenvalue weighted by atomic mass is 9.95. The number of Topliss-reactive ketones (excluding diaryl/α,β-unsaturated/α-hetero) is 1. The van der Waals surface area contributed by atoms with Crippen molar-refractivity contribution >= 4 is 45.7 Å². The fraction of sp³-hybridized carbons (Fsp3) is 0.212. The van der Waals surface area contributed by atoms with Crippen LogP contribution in [0.3, 0.4) is 0 Å². The number of ketones is 1. The SMILES string of the molecule is C=CCOc1ccc(C2/C(=C(/O)c3ccc(OCCC)cc3)C(=O)C(=O)N2c2nnc(SCc3ccc(C)cc3)s2)cc1. The Balaban J connectivity index is 1.50. The van der Waals surface area contributed by atoms with Gasteiger partial charge in [-0.05, 0) is 60.9 Å². The Kier molecular flexibility index (Phi) is 9.58. The number of aliphatic hydroxyl groups excluding tert-OH is 1. The van der Waals surface area contributed by atoms with E-state index in [9.17, 15) is 14.7 Å². The standard InChI is InChI=1S/C33H31N3O5S2/c1-4-18-40-25-14-10-23(11-15-25)28-27(29(37)24-12-16-26(17-13-24)41-19-5-2)30(38)31(39)36(28)32-34-35-33(43-32)42-20-22-8-6-21(3)7-9-22/h4,6-17,28,37H,1,5,18-20H2,2-3H3/b29-27-. The zero-order valence-electron chi connectivity index (χ0n) is 23.9. The summed E-state index contributed by atoms with van der Waals surface area (Å²) in [6.45, 7) is 8.63. The number of benzene rings is 3. The molecule has 1 aliphatic heterocycles. The number of nitrogens with zero attached hydrogens (tertiary/aromatic N) is 3. The summed E-state index contributed by atoms with van der Waals surface area (Å²) < 4.78 is 11.9. The average Bonchev–Trinajstić information content (AvgIpc) is 3.60. The fourth-order valence-electron chi connectivity index (χ4n) is 4.52. The normalized spacial score (nSPS) is 16.0. The molecular weight excluding hydrogens is 583 g/mol. The molecule has 1 aromatic heterocycles. The first-order chi connectivity index (χ1) is 20.9. The number of anilines is 1. The molecular formula is C33H31N3O5S2. The highest BCUT2D eigenvalue weighted by molar-refractivity contribution is 8.00. The van der Waals surface area contributed by atoms with E-state index in [2.05, 4.69) is 41.0 Å². The molecule has 43 heavy (non-hydrogen) atoms. The predicted octanol–water partition coefficient (Wildman–Crippen LogP) is 7.12. The molecule has 0 aliphatic carbocycles. The highest BCUT2D eigenvalue weighted by Crippen LogP contribution is 2.44. The van der Waals surface area contributed by atoms with Crippen LogP contribution >= 0.6 is 23.1 Å². The first-order valence-corrected chi connectivity index (χ1v) is 15.6. The maximum atomic E-state index is 13.5. The van der Waals surface area contributed by atoms with E-state index >= 15 is 0 Å². The zero-order valence-corrected chi connectivity index (χ0v) is 25.5. The van der Waals surface area contributed by atoms with Crippen LogP contribution < -0.4 is 14.4 Å². The second kappa shape index (κ2) is 13.7. The molecule has 5 rings (SSSR count). The minimum Gasteiger partial charge on any atom is -0.507 e. The van der Waals surface area contributed by atoms with Gasteiger partial charge in [0.2, 0.25) is 5.13 Å². The lowest BCUT2D eigenvalue weighted by Crippen LogP contribution is -2.29. The summed E-state index contributed by atoms with van der Waals surface area (Å²) in [4.78, 5) is 28.4. The number of rotatable bonds is 12. The quantitative estimate of drug-likeness (QED) is 0.0450. The van der Waals surface area contributed by atoms with E-state index in [0.717, 1.165) is 12.0 Å². The van der Waals surface area contributed by atoms with E-state index in [1.165, 1.54) is 33.6 Å². The van der Waals surface area contributed by atoms with Gasteiger partial charge in [0.1, 0.15) is 23.9 Å². The number of aliphatic hydroxyl groups is 1. The lowest BCUT2D eigenvalue weighted by Gasteiger charge is -2.22. The van der Waals surface area contributed by atoms with Gasteiger partial charge in [-0.15, -0.1) is 10.2 Å². The first kappa shape index (κ1) is 30.1. The van der Waals surface area contributed by atoms with E-state index in [-0.39, 0.29) is 16.5 Å². The minimum absolute atomic E-state index is 0.0314. The van der Waals surface area contributed by atoms with Crippen molar-refractivity contribution in [2.75, 3.05) is 18.1 Å². The Morgan fingerprint density at radius 3 is 2.35 bits per heavy atom. The largest absolute Gasteiger partial charge is 0.507 e. The molecule has 3 aromatic carbocycles. The topological polar surface area (TPSA) is 102 Å². The molecule has 0 bridgehead atoms. The summed E-state index contributed by atoms with van der Waals surface area (Å²) >= 11 is 2.73. The van der Waals surface area contributed by atoms with Crippen LogP contribution in [-0.4, -0.2) is 40.2 Å². The van der Waals surface area contributed by atoms with E-state index in [1.807, 2.05) is 13.8 Å². The van der Waals surface area contributed by atoms with Crippen LogP contribution in [0, 0.1) is 6.92 Å². The number of amides is 1. The molecule has 1 amide bonds. The van der Waals surface area contributed by atoms with Crippen molar-refractivity contribution in [3.05, 3.63) is 113 Å². The molecule has 8 nitrogen and oxygen atoms in total. The van der Waals surface area contributed by atoms with Gasteiger partial charge < -0.3 is 14.6 Å². The molecule has 1 fully saturated rings. The maximum Gasteiger partial charge on any atom is 0.301 e. The number of hydrogen-bond donors (Lipinski definition) is 1. The molecule has 1 N–H and O–H groups in total. The lowest BCUT2D eigenvalue weighted by molar-refractivity contribution is -0.132. The molecule has 220 valence electrons. The van der Waals surface area contributed by atoms with Gasteiger partial charge in [-0.1, -0.05) is 84.6 Å². The van der Waals surface area contributed by atoms with Gasteiger partial charge in [0.25, 0.3) is 5.78 Å². The highest BCUT2D eigenvalue weighted by atomic mass is 32.2. The van der Waals surface area contributed by atoms with Gasteiger partial charge in [-0.3, -0.25) is 14.5 Å². The van der Waals surface area contributed by atoms with Crippen molar-refractivity contribution in [3.63, 3.8) is 0 Å². The van der Waals surface area contributed by atoms with Gasteiger partial charge >= 0.3 is 5.91 Å². The average molecular weight is 614 g/mol. The van der Waals surface area contributed by atoms with Crippen LogP contribution in [0.15, 0.2) is 95.4 Å². The van der Waals surface area contributed by atoms with Crippen LogP contribution in [0.5, 0.6) is 11.5 Å². The Hall–Kier alpha value is -4.41. The third kappa shape index (κ3) is 6.81. The molecule has 1 aliphatic rings. The summed E-state index contributed by atoms with van der Waals surface area (Å²) in [5, 5.41) is 20.3. The number of carbonyl (C=O) groups excluding carboxylic acids is 2. The van der Waals surface area contributed by atoms with Crippen LogP contribution in [0.25, 0.3) is 5.76 Å². The second-order valence-corrected chi connectivity index (χ2v) is 12.0. The summed E-state index contributed by atoms with van der Waals surface area (Å²) in [7, 11) is 0. The van der Waals surface area contributed by atoms with Crippen molar-refractivity contribution in [2.24, 2.45) is 0 Å². The summed E-state index contributed by atoms with van der Waals surface area (Å²) in [5.41, 5.74) is 3.29. The Morgan fingerprint density at radius 2 is 1.67 bits per heavy atom. The molecule has 1 atom stereocenters. The van der Waals surface area contributed by atoms with E-state index < -0.39 is 17.7 Å². The number of aryl methyl sites for hydroxylation is 1. The molecule has 0 saturated carbocycles. The highest BCUT2D eigenvalue weighted by Gasteiger charge is 2.48. The zero-order chi connectivity index (χ0) is 30.3. The Bertz CT molecular complexity index is 1630. The number of hydrogen-bond acceptors (Lipinski definition) is 9. The van der Waals surface area contributed by atoms with Crippen LogP contribution in [0.1, 0.15) is 41.6 Å². The molecule has 10 heteroatoms. The molecule has 0 spiro atoms. The second-order valence-electron chi connectivity index (χ2n) is 9.84. The van der Waals surface area contributed by atoms with Gasteiger partial charge in [0.15, 0.2) is 4.34 Å². The van der Waals surface area contributed by atoms with Crippen LogP contribution in [0.2, 0.25) is 0 Å². The van der Waals surface area contributed by atoms with Crippen molar-refractivity contribution in [3.8, 4) is 11.5 Å². The molecule has 4 aromatic rings. The molecule has 2 heterocycles. The first-order valence-electron chi connectivity index (χ1n) is 13.8. The smallest absolute Gasteiger partial charge is 0.301 e. The summed E-state index contributed by atoms with van der Waals surface area (Å²) in [6.07, 6.45) is 2.51. The summed E-state index contributed by atoms with van der Waals surface area (Å²) in [5.74, 6) is 0.0706. The van der Waals surface area contributed by atoms with E-state index in [4.69, 9.17) is 9.47 Å². The van der Waals surface area contributed by atoms with Crippen molar-refractivity contribution in [1.82, 2.24) is 10.2 Å². The summed E-state index contributed by atoms with van der Waals surface area (Å²) in [6, 6.07) is 21.1. The van der Waals surface area contributed by atoms with Gasteiger partial charge in [0.05, 0.1) is 18.2 Å². The predicted molar refractivity (Wildman–Crippen MR) is 170 cm³/mol. The van der Waals surface area contributed by atoms with Crippen LogP contribution in [0.4, 0.5) is 5.13 Å². The number of carbonyl (C=O) groups is 2. The maximum absolute atomic E-state index is 13.5. The van der Waals surface area contributed by atoms with E-state index in [0.29, 0.717) is 45.9 Å². The van der Waals surface area contributed by atoms with E-state index in [1.54, 1.807) is 54.6 Å². The third-order valence-electron chi connectivity index (χ3n) is 6.69. The number of aromatic nitrogens is 2. The minimum atomic E-state index is -0.924. The van der Waals surface area contributed by atoms with Gasteiger partial charge in [-0.2, -0.15) is 0 Å². The Labute approximate surface area is 258 Å². The van der Waals surface area contributed by atoms with Gasteiger partial charge in [0, 0.05) is 11.3 Å². The number of thioether (sulfide) groups is 1.